The minimum absolute atomic E-state index is 0. The van der Waals surface area contributed by atoms with E-state index in [1.165, 1.54) is 21.6 Å². The number of benzene rings is 3. The predicted molar refractivity (Wildman–Crippen MR) is 205 cm³/mol. The lowest BCUT2D eigenvalue weighted by atomic mass is 10.3. The molecule has 1 N–H and O–H groups in total. The van der Waals surface area contributed by atoms with Gasteiger partial charge >= 0.3 is 25.5 Å². The Hall–Kier alpha value is -4.10. The molecule has 0 fully saturated rings. The van der Waals surface area contributed by atoms with Crippen molar-refractivity contribution in [1.82, 2.24) is 0 Å². The van der Waals surface area contributed by atoms with E-state index in [2.05, 4.69) is 97.6 Å². The maximum absolute atomic E-state index is 11.2. The van der Waals surface area contributed by atoms with Crippen LogP contribution in [0.2, 0.25) is 0 Å². The van der Waals surface area contributed by atoms with Crippen molar-refractivity contribution in [3.05, 3.63) is 103 Å². The number of ether oxygens (including phenoxy) is 3. The molecule has 3 unspecified atom stereocenters. The van der Waals surface area contributed by atoms with Crippen LogP contribution in [-0.2, 0) is 39.5 Å². The van der Waals surface area contributed by atoms with Gasteiger partial charge in [-0.25, -0.2) is 4.79 Å². The van der Waals surface area contributed by atoms with Gasteiger partial charge in [-0.15, -0.1) is 0 Å². The number of rotatable bonds is 13. The number of carbonyl (C=O) groups excluding carboxylic acids is 3. The SMILES string of the molecule is C=C(C)C(=O)OCCCC(=O)OC(C)CC.CCC(C)O.CCC(C)OC(C)=O.FB(F)F.[F-].c1ccc([S+](c2ccccc2)c2ccccc2)cc1. The molecule has 0 saturated carbocycles. The number of halogens is 4. The summed E-state index contributed by atoms with van der Waals surface area (Å²) in [7, 11) is -3.68. The standard InChI is InChI=1S/C18H15S.C12H20O4.C6H12O2.C4H10O.BF3.FH/c1-4-10-16(11-5-1)19(17-12-6-2-7-13-17)18-14-8-3-9-15-18;1-5-10(4)16-11(13)7-6-8-15-12(14)9(2)3;1-4-5(2)8-6(3)7;1-3-4(2)5;2-1(3)4;/h1-15H;10H,2,5-8H2,1,3-4H3;5H,4H2,1-3H3;4-5H,3H2,1-2H3;;1H/q+1;;;;;/p-1. The summed E-state index contributed by atoms with van der Waals surface area (Å²) in [6.07, 6.45) is 3.21. The van der Waals surface area contributed by atoms with Crippen LogP contribution in [0.25, 0.3) is 0 Å². The summed E-state index contributed by atoms with van der Waals surface area (Å²) in [4.78, 5) is 36.5. The zero-order valence-electron chi connectivity index (χ0n) is 32.2. The molecule has 0 aliphatic heterocycles. The molecule has 0 spiro atoms. The van der Waals surface area contributed by atoms with Gasteiger partial charge in [0.15, 0.2) is 14.7 Å². The molecule has 7 nitrogen and oxygen atoms in total. The third-order valence-electron chi connectivity index (χ3n) is 6.48. The zero-order valence-corrected chi connectivity index (χ0v) is 33.1. The van der Waals surface area contributed by atoms with Crippen LogP contribution in [-0.4, -0.2) is 55.5 Å². The molecule has 0 aliphatic rings. The first kappa shape index (κ1) is 53.3. The average Bonchev–Trinajstić information content (AvgIpc) is 3.11. The largest absolute Gasteiger partial charge is 1.00 e. The van der Waals surface area contributed by atoms with E-state index in [0.717, 1.165) is 19.3 Å². The molecule has 3 aromatic rings. The molecule has 0 heterocycles. The second-order valence-electron chi connectivity index (χ2n) is 11.3. The van der Waals surface area contributed by atoms with E-state index in [9.17, 15) is 27.3 Å². The van der Waals surface area contributed by atoms with Gasteiger partial charge in [0.1, 0.15) is 0 Å². The highest BCUT2D eigenvalue weighted by Gasteiger charge is 2.27. The van der Waals surface area contributed by atoms with Crippen LogP contribution in [0.5, 0.6) is 0 Å². The van der Waals surface area contributed by atoms with E-state index < -0.39 is 13.5 Å². The number of aliphatic hydroxyl groups is 1. The van der Waals surface area contributed by atoms with Gasteiger partial charge in [-0.2, -0.15) is 0 Å². The molecule has 13 heteroatoms. The third kappa shape index (κ3) is 31.2. The number of aliphatic hydroxyl groups excluding tert-OH is 1. The van der Waals surface area contributed by atoms with Gasteiger partial charge in [0.05, 0.1) is 35.8 Å². The van der Waals surface area contributed by atoms with Crippen molar-refractivity contribution >= 4 is 36.3 Å². The Labute approximate surface area is 317 Å². The van der Waals surface area contributed by atoms with E-state index >= 15 is 0 Å². The van der Waals surface area contributed by atoms with Crippen molar-refractivity contribution < 1.29 is 51.4 Å². The molecule has 3 atom stereocenters. The number of hydrogen-bond acceptors (Lipinski definition) is 7. The van der Waals surface area contributed by atoms with Crippen molar-refractivity contribution in [3.63, 3.8) is 0 Å². The second kappa shape index (κ2) is 33.7. The van der Waals surface area contributed by atoms with E-state index in [1.54, 1.807) is 13.8 Å². The van der Waals surface area contributed by atoms with Gasteiger partial charge in [0, 0.05) is 18.9 Å². The Balaban J connectivity index is -0.000000662. The van der Waals surface area contributed by atoms with E-state index in [1.807, 2.05) is 34.6 Å². The number of carbonyl (C=O) groups is 3. The van der Waals surface area contributed by atoms with Crippen LogP contribution in [0.3, 0.4) is 0 Å². The molecule has 0 aliphatic carbocycles. The van der Waals surface area contributed by atoms with Gasteiger partial charge in [-0.3, -0.25) is 22.5 Å². The fraction of sp³-hybridized carbons (Fsp3) is 0.425. The zero-order chi connectivity index (χ0) is 39.9. The fourth-order valence-corrected chi connectivity index (χ4v) is 5.42. The lowest BCUT2D eigenvalue weighted by Gasteiger charge is -2.10. The van der Waals surface area contributed by atoms with Crippen LogP contribution >= 0.6 is 0 Å². The van der Waals surface area contributed by atoms with Gasteiger partial charge in [-0.05, 0) is 89.8 Å². The smallest absolute Gasteiger partial charge is 0.762 e. The maximum atomic E-state index is 11.2. The quantitative estimate of drug-likeness (QED) is 0.0380. The summed E-state index contributed by atoms with van der Waals surface area (Å²) in [5, 5.41) is 8.36. The topological polar surface area (TPSA) is 99.1 Å². The number of hydrogen-bond donors (Lipinski definition) is 1. The maximum Gasteiger partial charge on any atom is 0.762 e. The fourth-order valence-electron chi connectivity index (χ4n) is 3.32. The van der Waals surface area contributed by atoms with Crippen molar-refractivity contribution in [2.45, 2.75) is 120 Å². The molecule has 0 saturated heterocycles. The lowest BCUT2D eigenvalue weighted by Crippen LogP contribution is -3.00. The van der Waals surface area contributed by atoms with Gasteiger partial charge in [-0.1, -0.05) is 81.9 Å². The first-order chi connectivity index (χ1) is 24.6. The summed E-state index contributed by atoms with van der Waals surface area (Å²) >= 11 is 0. The van der Waals surface area contributed by atoms with Crippen molar-refractivity contribution in [2.75, 3.05) is 6.61 Å². The molecule has 0 radical (unpaired) electrons. The normalized spacial score (nSPS) is 11.2. The summed E-state index contributed by atoms with van der Waals surface area (Å²) < 4.78 is 43.7. The Morgan fingerprint density at radius 2 is 1.06 bits per heavy atom. The van der Waals surface area contributed by atoms with Crippen molar-refractivity contribution in [3.8, 4) is 0 Å². The molecular weight excluding hydrogens is 711 g/mol. The molecule has 3 aromatic carbocycles. The van der Waals surface area contributed by atoms with E-state index in [0.29, 0.717) is 12.0 Å². The molecular formula is C40H57BF4O7S. The average molecular weight is 769 g/mol. The highest BCUT2D eigenvalue weighted by molar-refractivity contribution is 7.97. The first-order valence-corrected chi connectivity index (χ1v) is 18.5. The Kier molecular flexibility index (Phi) is 33.9. The molecule has 0 aromatic heterocycles. The lowest BCUT2D eigenvalue weighted by molar-refractivity contribution is -0.150. The molecule has 296 valence electrons. The highest BCUT2D eigenvalue weighted by Crippen LogP contribution is 2.30. The van der Waals surface area contributed by atoms with Crippen LogP contribution in [0.1, 0.15) is 87.5 Å². The van der Waals surface area contributed by atoms with Crippen LogP contribution in [0.4, 0.5) is 12.9 Å². The van der Waals surface area contributed by atoms with E-state index in [4.69, 9.17) is 19.3 Å². The van der Waals surface area contributed by atoms with Crippen molar-refractivity contribution in [1.29, 1.82) is 0 Å². The second-order valence-corrected chi connectivity index (χ2v) is 13.3. The molecule has 0 bridgehead atoms. The van der Waals surface area contributed by atoms with Crippen LogP contribution in [0.15, 0.2) is 118 Å². The van der Waals surface area contributed by atoms with E-state index in [-0.39, 0.29) is 58.9 Å². The highest BCUT2D eigenvalue weighted by atomic mass is 32.2. The van der Waals surface area contributed by atoms with Gasteiger partial charge in [0.2, 0.25) is 0 Å². The van der Waals surface area contributed by atoms with Crippen molar-refractivity contribution in [2.24, 2.45) is 0 Å². The Bertz CT molecular complexity index is 1260. The summed E-state index contributed by atoms with van der Waals surface area (Å²) in [6, 6.07) is 32.2. The third-order valence-corrected chi connectivity index (χ3v) is 8.71. The van der Waals surface area contributed by atoms with Crippen LogP contribution < -0.4 is 4.70 Å². The molecule has 53 heavy (non-hydrogen) atoms. The summed E-state index contributed by atoms with van der Waals surface area (Å²) in [5.74, 6) is -0.865. The molecule has 0 amide bonds. The van der Waals surface area contributed by atoms with Crippen LogP contribution in [0, 0.1) is 0 Å². The van der Waals surface area contributed by atoms with Gasteiger partial charge in [0.25, 0.3) is 0 Å². The monoisotopic (exact) mass is 768 g/mol. The molecule has 3 rings (SSSR count). The van der Waals surface area contributed by atoms with Gasteiger partial charge < -0.3 is 24.0 Å². The first-order valence-electron chi connectivity index (χ1n) is 17.3. The summed E-state index contributed by atoms with van der Waals surface area (Å²) in [5.41, 5.74) is 0.363. The predicted octanol–water partition coefficient (Wildman–Crippen LogP) is 7.02. The minimum Gasteiger partial charge on any atom is -1.00 e. The Morgan fingerprint density at radius 1 is 0.717 bits per heavy atom. The minimum atomic E-state index is -3.67. The number of esters is 3. The Morgan fingerprint density at radius 3 is 1.32 bits per heavy atom. The summed E-state index contributed by atoms with van der Waals surface area (Å²) in [6.45, 7) is 18.1.